The van der Waals surface area contributed by atoms with Gasteiger partial charge in [0.2, 0.25) is 0 Å². The van der Waals surface area contributed by atoms with E-state index in [1.807, 2.05) is 43.3 Å². The van der Waals surface area contributed by atoms with E-state index in [-0.39, 0.29) is 11.9 Å². The first-order valence-electron chi connectivity index (χ1n) is 8.55. The second-order valence-corrected chi connectivity index (χ2v) is 6.84. The van der Waals surface area contributed by atoms with Crippen molar-refractivity contribution in [1.29, 1.82) is 0 Å². The van der Waals surface area contributed by atoms with Crippen molar-refractivity contribution in [2.24, 2.45) is 0 Å². The third-order valence-corrected chi connectivity index (χ3v) is 4.61. The minimum Gasteiger partial charge on any atom is -0.350 e. The van der Waals surface area contributed by atoms with Crippen molar-refractivity contribution in [2.75, 3.05) is 20.6 Å². The summed E-state index contributed by atoms with van der Waals surface area (Å²) in [5.74, 6) is 0.856. The van der Waals surface area contributed by atoms with E-state index in [9.17, 15) is 4.79 Å². The Morgan fingerprint density at radius 1 is 1.19 bits per heavy atom. The molecule has 140 valence electrons. The Labute approximate surface area is 163 Å². The predicted octanol–water partition coefficient (Wildman–Crippen LogP) is 3.73. The van der Waals surface area contributed by atoms with Crippen LogP contribution in [0.3, 0.4) is 0 Å². The number of amides is 1. The fraction of sp³-hybridized carbons (Fsp3) is 0.250. The predicted molar refractivity (Wildman–Crippen MR) is 105 cm³/mol. The van der Waals surface area contributed by atoms with Gasteiger partial charge in [0.15, 0.2) is 5.82 Å². The average Bonchev–Trinajstić information content (AvgIpc) is 3.09. The first kappa shape index (κ1) is 19.1. The van der Waals surface area contributed by atoms with Gasteiger partial charge < -0.3 is 14.7 Å². The van der Waals surface area contributed by atoms with E-state index in [1.54, 1.807) is 31.2 Å². The fourth-order valence-electron chi connectivity index (χ4n) is 2.79. The number of nitrogens with one attached hydrogen (secondary N) is 1. The van der Waals surface area contributed by atoms with E-state index in [0.717, 1.165) is 11.1 Å². The van der Waals surface area contributed by atoms with E-state index in [0.29, 0.717) is 28.8 Å². The molecule has 0 saturated carbocycles. The molecule has 27 heavy (non-hydrogen) atoms. The van der Waals surface area contributed by atoms with Crippen LogP contribution < -0.4 is 5.32 Å². The van der Waals surface area contributed by atoms with Crippen LogP contribution in [0.2, 0.25) is 5.02 Å². The number of benzene rings is 2. The number of aryl methyl sites for hydroxylation is 1. The average molecular weight is 385 g/mol. The molecule has 0 spiro atoms. The molecule has 0 radical (unpaired) electrons. The van der Waals surface area contributed by atoms with Gasteiger partial charge in [-0.05, 0) is 56.9 Å². The van der Waals surface area contributed by atoms with E-state index in [2.05, 4.69) is 15.5 Å². The molecule has 6 nitrogen and oxygen atoms in total. The lowest BCUT2D eigenvalue weighted by atomic mass is 10.1. The molecule has 0 fully saturated rings. The number of hydrogen-bond donors (Lipinski definition) is 1. The summed E-state index contributed by atoms with van der Waals surface area (Å²) >= 11 is 6.31. The van der Waals surface area contributed by atoms with Gasteiger partial charge in [-0.3, -0.25) is 4.79 Å². The minimum absolute atomic E-state index is 0.0247. The summed E-state index contributed by atoms with van der Waals surface area (Å²) in [4.78, 5) is 18.7. The van der Waals surface area contributed by atoms with E-state index >= 15 is 0 Å². The molecule has 0 aliphatic heterocycles. The van der Waals surface area contributed by atoms with Gasteiger partial charge in [0.05, 0.1) is 6.04 Å². The number of rotatable bonds is 6. The van der Waals surface area contributed by atoms with Crippen LogP contribution in [0.1, 0.15) is 27.8 Å². The largest absolute Gasteiger partial charge is 0.350 e. The van der Waals surface area contributed by atoms with Gasteiger partial charge >= 0.3 is 0 Å². The van der Waals surface area contributed by atoms with Crippen molar-refractivity contribution in [1.82, 2.24) is 20.4 Å². The molecule has 1 amide bonds. The molecule has 0 saturated heterocycles. The van der Waals surface area contributed by atoms with Crippen LogP contribution >= 0.6 is 11.6 Å². The molecular formula is C20H21ClN4O2. The maximum absolute atomic E-state index is 12.5. The van der Waals surface area contributed by atoms with Gasteiger partial charge in [-0.1, -0.05) is 35.0 Å². The Hall–Kier alpha value is -2.70. The van der Waals surface area contributed by atoms with Crippen LogP contribution in [0.5, 0.6) is 0 Å². The summed E-state index contributed by atoms with van der Waals surface area (Å²) in [6.07, 6.45) is 0. The van der Waals surface area contributed by atoms with Crippen molar-refractivity contribution in [3.63, 3.8) is 0 Å². The van der Waals surface area contributed by atoms with Crippen LogP contribution in [-0.2, 0) is 0 Å². The Kier molecular flexibility index (Phi) is 5.88. The highest BCUT2D eigenvalue weighted by atomic mass is 35.5. The fourth-order valence-corrected chi connectivity index (χ4v) is 3.05. The highest BCUT2D eigenvalue weighted by molar-refractivity contribution is 6.31. The summed E-state index contributed by atoms with van der Waals surface area (Å²) in [7, 11) is 3.92. The molecule has 3 aromatic rings. The minimum atomic E-state index is -0.151. The molecule has 0 unspecified atom stereocenters. The van der Waals surface area contributed by atoms with Crippen LogP contribution in [0, 0.1) is 6.92 Å². The molecule has 0 aliphatic carbocycles. The molecule has 2 aromatic carbocycles. The second-order valence-electron chi connectivity index (χ2n) is 6.44. The first-order chi connectivity index (χ1) is 13.0. The molecule has 0 bridgehead atoms. The Balaban J connectivity index is 1.68. The van der Waals surface area contributed by atoms with E-state index in [4.69, 9.17) is 16.1 Å². The second kappa shape index (κ2) is 8.33. The smallest absolute Gasteiger partial charge is 0.257 e. The lowest BCUT2D eigenvalue weighted by Crippen LogP contribution is -2.34. The lowest BCUT2D eigenvalue weighted by molar-refractivity contribution is 0.0942. The van der Waals surface area contributed by atoms with E-state index < -0.39 is 0 Å². The van der Waals surface area contributed by atoms with Gasteiger partial charge in [-0.2, -0.15) is 4.98 Å². The number of carbonyl (C=O) groups excluding carboxylic acids is 1. The van der Waals surface area contributed by atoms with Crippen molar-refractivity contribution >= 4 is 17.5 Å². The van der Waals surface area contributed by atoms with Gasteiger partial charge in [-0.25, -0.2) is 0 Å². The third kappa shape index (κ3) is 4.53. The summed E-state index contributed by atoms with van der Waals surface area (Å²) in [6.45, 7) is 2.20. The van der Waals surface area contributed by atoms with Gasteiger partial charge in [0.1, 0.15) is 0 Å². The topological polar surface area (TPSA) is 71.3 Å². The van der Waals surface area contributed by atoms with Crippen LogP contribution in [0.4, 0.5) is 0 Å². The quantitative estimate of drug-likeness (QED) is 0.701. The molecule has 1 heterocycles. The van der Waals surface area contributed by atoms with Crippen molar-refractivity contribution < 1.29 is 9.32 Å². The van der Waals surface area contributed by atoms with Crippen molar-refractivity contribution in [3.8, 4) is 11.5 Å². The number of aromatic nitrogens is 2. The monoisotopic (exact) mass is 384 g/mol. The zero-order valence-electron chi connectivity index (χ0n) is 15.4. The zero-order chi connectivity index (χ0) is 19.4. The molecule has 0 aliphatic rings. The standard InChI is InChI=1S/C20H21ClN4O2/c1-13-23-20(27-24-13)15-10-8-14(9-11-15)19(26)22-12-18(25(2)3)16-6-4-5-7-17(16)21/h4-11,18H,12H2,1-3H3,(H,22,26)/t18-/m1/s1. The Bertz CT molecular complexity index is 922. The lowest BCUT2D eigenvalue weighted by Gasteiger charge is -2.26. The molecule has 1 atom stereocenters. The molecule has 1 N–H and O–H groups in total. The zero-order valence-corrected chi connectivity index (χ0v) is 16.2. The van der Waals surface area contributed by atoms with Crippen LogP contribution in [0.25, 0.3) is 11.5 Å². The molecular weight excluding hydrogens is 364 g/mol. The van der Waals surface area contributed by atoms with Crippen LogP contribution in [0.15, 0.2) is 53.1 Å². The van der Waals surface area contributed by atoms with Crippen molar-refractivity contribution in [2.45, 2.75) is 13.0 Å². The summed E-state index contributed by atoms with van der Waals surface area (Å²) in [5, 5.41) is 7.43. The van der Waals surface area contributed by atoms with Crippen molar-refractivity contribution in [3.05, 3.63) is 70.5 Å². The normalized spacial score (nSPS) is 12.2. The number of hydrogen-bond acceptors (Lipinski definition) is 5. The number of halogens is 1. The third-order valence-electron chi connectivity index (χ3n) is 4.27. The first-order valence-corrected chi connectivity index (χ1v) is 8.93. The Morgan fingerprint density at radius 3 is 2.48 bits per heavy atom. The highest BCUT2D eigenvalue weighted by Crippen LogP contribution is 2.25. The van der Waals surface area contributed by atoms with Gasteiger partial charge in [0, 0.05) is 22.7 Å². The maximum atomic E-state index is 12.5. The number of likely N-dealkylation sites (N-methyl/N-ethyl adjacent to an activating group) is 1. The summed E-state index contributed by atoms with van der Waals surface area (Å²) in [5.41, 5.74) is 2.31. The molecule has 3 rings (SSSR count). The van der Waals surface area contributed by atoms with Gasteiger partial charge in [-0.15, -0.1) is 0 Å². The molecule has 1 aromatic heterocycles. The summed E-state index contributed by atoms with van der Waals surface area (Å²) < 4.78 is 5.14. The van der Waals surface area contributed by atoms with E-state index in [1.165, 1.54) is 0 Å². The van der Waals surface area contributed by atoms with Gasteiger partial charge in [0.25, 0.3) is 11.8 Å². The Morgan fingerprint density at radius 2 is 1.89 bits per heavy atom. The van der Waals surface area contributed by atoms with Crippen LogP contribution in [-0.4, -0.2) is 41.6 Å². The number of nitrogens with zero attached hydrogens (tertiary/aromatic N) is 3. The highest BCUT2D eigenvalue weighted by Gasteiger charge is 2.18. The number of carbonyl (C=O) groups is 1. The maximum Gasteiger partial charge on any atom is 0.257 e. The SMILES string of the molecule is Cc1noc(-c2ccc(C(=O)NC[C@H](c3ccccc3Cl)N(C)C)cc2)n1. The summed E-state index contributed by atoms with van der Waals surface area (Å²) in [6, 6.07) is 14.7. The molecule has 7 heteroatoms.